The minimum atomic E-state index is -0.529. The topological polar surface area (TPSA) is 52.3 Å². The average molecular weight is 321 g/mol. The summed E-state index contributed by atoms with van der Waals surface area (Å²) in [6.07, 6.45) is 0. The molecule has 3 aromatic carbocycles. The fourth-order valence-corrected chi connectivity index (χ4v) is 2.47. The van der Waals surface area contributed by atoms with Gasteiger partial charge in [0.2, 0.25) is 0 Å². The maximum Gasteiger partial charge on any atom is 0.252 e. The van der Waals surface area contributed by atoms with Crippen molar-refractivity contribution >= 4 is 5.91 Å². The molecule has 0 saturated heterocycles. The van der Waals surface area contributed by atoms with E-state index >= 15 is 0 Å². The van der Waals surface area contributed by atoms with Crippen LogP contribution in [-0.4, -0.2) is 5.91 Å². The van der Waals surface area contributed by atoms with Crippen LogP contribution in [0, 0.1) is 5.82 Å². The van der Waals surface area contributed by atoms with Crippen molar-refractivity contribution < 1.29 is 13.9 Å². The van der Waals surface area contributed by atoms with Gasteiger partial charge >= 0.3 is 0 Å². The predicted molar refractivity (Wildman–Crippen MR) is 91.1 cm³/mol. The van der Waals surface area contributed by atoms with Crippen LogP contribution in [0.15, 0.2) is 72.8 Å². The lowest BCUT2D eigenvalue weighted by atomic mass is 10.0. The number of hydrogen-bond donors (Lipinski definition) is 1. The third-order valence-electron chi connectivity index (χ3n) is 3.63. The maximum atomic E-state index is 13.4. The Morgan fingerprint density at radius 3 is 2.38 bits per heavy atom. The van der Waals surface area contributed by atoms with E-state index < -0.39 is 5.91 Å². The first kappa shape index (κ1) is 15.7. The molecule has 0 saturated carbocycles. The largest absolute Gasteiger partial charge is 0.488 e. The SMILES string of the molecule is NC(=O)c1ccccc1OCc1cccc(-c2cccc(F)c2)c1. The van der Waals surface area contributed by atoms with E-state index in [9.17, 15) is 9.18 Å². The first-order valence-corrected chi connectivity index (χ1v) is 7.50. The fraction of sp³-hybridized carbons (Fsp3) is 0.0500. The molecule has 3 rings (SSSR count). The number of halogens is 1. The number of hydrogen-bond acceptors (Lipinski definition) is 2. The lowest BCUT2D eigenvalue weighted by Crippen LogP contribution is -2.12. The van der Waals surface area contributed by atoms with E-state index in [-0.39, 0.29) is 12.4 Å². The van der Waals surface area contributed by atoms with E-state index in [0.29, 0.717) is 11.3 Å². The van der Waals surface area contributed by atoms with Crippen molar-refractivity contribution in [3.05, 3.63) is 89.7 Å². The van der Waals surface area contributed by atoms with E-state index in [1.807, 2.05) is 30.3 Å². The number of carbonyl (C=O) groups excluding carboxylic acids is 1. The number of para-hydroxylation sites is 1. The van der Waals surface area contributed by atoms with E-state index in [2.05, 4.69) is 0 Å². The van der Waals surface area contributed by atoms with Crippen LogP contribution in [-0.2, 0) is 6.61 Å². The standard InChI is InChI=1S/C20H16FNO2/c21-17-8-4-7-16(12-17)15-6-3-5-14(11-15)13-24-19-10-2-1-9-18(19)20(22)23/h1-12H,13H2,(H2,22,23). The molecule has 3 aromatic rings. The van der Waals surface area contributed by atoms with Crippen LogP contribution in [0.2, 0.25) is 0 Å². The minimum absolute atomic E-state index is 0.274. The van der Waals surface area contributed by atoms with Gasteiger partial charge in [0.15, 0.2) is 0 Å². The lowest BCUT2D eigenvalue weighted by Gasteiger charge is -2.10. The highest BCUT2D eigenvalue weighted by Gasteiger charge is 2.08. The van der Waals surface area contributed by atoms with Crippen molar-refractivity contribution in [2.75, 3.05) is 0 Å². The molecule has 120 valence electrons. The maximum absolute atomic E-state index is 13.4. The highest BCUT2D eigenvalue weighted by atomic mass is 19.1. The van der Waals surface area contributed by atoms with E-state index in [1.165, 1.54) is 12.1 Å². The first-order chi connectivity index (χ1) is 11.6. The summed E-state index contributed by atoms with van der Waals surface area (Å²) in [5, 5.41) is 0. The molecule has 0 aliphatic carbocycles. The number of benzene rings is 3. The Kier molecular flexibility index (Phi) is 4.57. The molecule has 0 radical (unpaired) electrons. The van der Waals surface area contributed by atoms with Crippen LogP contribution in [0.4, 0.5) is 4.39 Å². The summed E-state index contributed by atoms with van der Waals surface area (Å²) >= 11 is 0. The van der Waals surface area contributed by atoms with Gasteiger partial charge in [-0.15, -0.1) is 0 Å². The lowest BCUT2D eigenvalue weighted by molar-refractivity contribution is 0.0996. The molecule has 0 aliphatic rings. The van der Waals surface area contributed by atoms with Crippen molar-refractivity contribution in [3.8, 4) is 16.9 Å². The monoisotopic (exact) mass is 321 g/mol. The molecule has 0 spiro atoms. The molecule has 0 unspecified atom stereocenters. The second-order valence-electron chi connectivity index (χ2n) is 5.36. The summed E-state index contributed by atoms with van der Waals surface area (Å²) in [4.78, 5) is 11.4. The third kappa shape index (κ3) is 3.60. The van der Waals surface area contributed by atoms with Gasteiger partial charge in [0, 0.05) is 0 Å². The smallest absolute Gasteiger partial charge is 0.252 e. The molecule has 0 heterocycles. The number of rotatable bonds is 5. The molecule has 24 heavy (non-hydrogen) atoms. The highest BCUT2D eigenvalue weighted by Crippen LogP contribution is 2.23. The molecule has 0 atom stereocenters. The second kappa shape index (κ2) is 6.96. The highest BCUT2D eigenvalue weighted by molar-refractivity contribution is 5.95. The van der Waals surface area contributed by atoms with Crippen LogP contribution in [0.1, 0.15) is 15.9 Å². The number of ether oxygens (including phenoxy) is 1. The van der Waals surface area contributed by atoms with E-state index in [1.54, 1.807) is 30.3 Å². The van der Waals surface area contributed by atoms with Crippen LogP contribution in [0.25, 0.3) is 11.1 Å². The van der Waals surface area contributed by atoms with Crippen LogP contribution in [0.5, 0.6) is 5.75 Å². The van der Waals surface area contributed by atoms with Gasteiger partial charge in [-0.25, -0.2) is 4.39 Å². The fourth-order valence-electron chi connectivity index (χ4n) is 2.47. The number of carbonyl (C=O) groups is 1. The summed E-state index contributed by atoms with van der Waals surface area (Å²) in [5.74, 6) is -0.357. The molecule has 0 aromatic heterocycles. The second-order valence-corrected chi connectivity index (χ2v) is 5.36. The van der Waals surface area contributed by atoms with Crippen molar-refractivity contribution in [2.24, 2.45) is 5.73 Å². The van der Waals surface area contributed by atoms with Gasteiger partial charge in [-0.1, -0.05) is 42.5 Å². The summed E-state index contributed by atoms with van der Waals surface area (Å²) < 4.78 is 19.1. The zero-order valence-electron chi connectivity index (χ0n) is 12.9. The number of primary amides is 1. The Morgan fingerprint density at radius 1 is 0.917 bits per heavy atom. The summed E-state index contributed by atoms with van der Waals surface area (Å²) in [6, 6.07) is 20.9. The van der Waals surface area contributed by atoms with Crippen LogP contribution >= 0.6 is 0 Å². The third-order valence-corrected chi connectivity index (χ3v) is 3.63. The molecule has 0 fully saturated rings. The Labute approximate surface area is 139 Å². The minimum Gasteiger partial charge on any atom is -0.488 e. The summed E-state index contributed by atoms with van der Waals surface area (Å²) in [7, 11) is 0. The first-order valence-electron chi connectivity index (χ1n) is 7.50. The molecule has 3 nitrogen and oxygen atoms in total. The Morgan fingerprint density at radius 2 is 1.62 bits per heavy atom. The van der Waals surface area contributed by atoms with Crippen LogP contribution < -0.4 is 10.5 Å². The Hall–Kier alpha value is -3.14. The summed E-state index contributed by atoms with van der Waals surface area (Å²) in [6.45, 7) is 0.285. The number of nitrogens with two attached hydrogens (primary N) is 1. The molecule has 2 N–H and O–H groups in total. The van der Waals surface area contributed by atoms with E-state index in [0.717, 1.165) is 16.7 Å². The molecular formula is C20H16FNO2. The zero-order chi connectivity index (χ0) is 16.9. The van der Waals surface area contributed by atoms with Crippen molar-refractivity contribution in [1.29, 1.82) is 0 Å². The molecular weight excluding hydrogens is 305 g/mol. The molecule has 0 aliphatic heterocycles. The average Bonchev–Trinajstić information content (AvgIpc) is 2.60. The quantitative estimate of drug-likeness (QED) is 0.767. The van der Waals surface area contributed by atoms with Gasteiger partial charge in [-0.2, -0.15) is 0 Å². The van der Waals surface area contributed by atoms with Crippen molar-refractivity contribution in [1.82, 2.24) is 0 Å². The van der Waals surface area contributed by atoms with Gasteiger partial charge < -0.3 is 10.5 Å². The van der Waals surface area contributed by atoms with Gasteiger partial charge in [-0.3, -0.25) is 4.79 Å². The summed E-state index contributed by atoms with van der Waals surface area (Å²) in [5.41, 5.74) is 8.30. The van der Waals surface area contributed by atoms with Crippen molar-refractivity contribution in [2.45, 2.75) is 6.61 Å². The normalized spacial score (nSPS) is 10.4. The predicted octanol–water partition coefficient (Wildman–Crippen LogP) is 4.17. The number of amides is 1. The van der Waals surface area contributed by atoms with E-state index in [4.69, 9.17) is 10.5 Å². The van der Waals surface area contributed by atoms with Crippen LogP contribution in [0.3, 0.4) is 0 Å². The van der Waals surface area contributed by atoms with Gasteiger partial charge in [0.05, 0.1) is 5.56 Å². The van der Waals surface area contributed by atoms with Gasteiger partial charge in [0.1, 0.15) is 18.2 Å². The molecule has 1 amide bonds. The molecule has 0 bridgehead atoms. The van der Waals surface area contributed by atoms with Gasteiger partial charge in [-0.05, 0) is 47.0 Å². The Bertz CT molecular complexity index is 877. The van der Waals surface area contributed by atoms with Gasteiger partial charge in [0.25, 0.3) is 5.91 Å². The molecule has 4 heteroatoms. The zero-order valence-corrected chi connectivity index (χ0v) is 12.9. The van der Waals surface area contributed by atoms with Crippen molar-refractivity contribution in [3.63, 3.8) is 0 Å². The Balaban J connectivity index is 1.80.